The van der Waals surface area contributed by atoms with E-state index in [9.17, 15) is 0 Å². The number of nitrogens with one attached hydrogen (secondary N) is 3. The minimum Gasteiger partial charge on any atom is -0.474 e. The van der Waals surface area contributed by atoms with E-state index in [2.05, 4.69) is 63.7 Å². The largest absolute Gasteiger partial charge is 0.474 e. The van der Waals surface area contributed by atoms with Crippen molar-refractivity contribution in [2.24, 2.45) is 17.8 Å². The van der Waals surface area contributed by atoms with Gasteiger partial charge in [-0.1, -0.05) is 91.1 Å². The van der Waals surface area contributed by atoms with Crippen LogP contribution in [0.1, 0.15) is 131 Å². The molecule has 36 heavy (non-hydrogen) atoms. The van der Waals surface area contributed by atoms with Gasteiger partial charge < -0.3 is 20.7 Å². The topological polar surface area (TPSA) is 45.3 Å². The van der Waals surface area contributed by atoms with Crippen molar-refractivity contribution in [3.8, 4) is 0 Å². The van der Waals surface area contributed by atoms with Crippen LogP contribution in [-0.2, 0) is 4.74 Å². The van der Waals surface area contributed by atoms with Crippen molar-refractivity contribution in [1.82, 2.24) is 16.0 Å². The van der Waals surface area contributed by atoms with Crippen LogP contribution in [0.5, 0.6) is 0 Å². The highest BCUT2D eigenvalue weighted by Gasteiger charge is 2.33. The summed E-state index contributed by atoms with van der Waals surface area (Å²) in [6, 6.07) is 0.982. The molecule has 210 valence electrons. The van der Waals surface area contributed by atoms with E-state index in [0.717, 1.165) is 36.5 Å². The van der Waals surface area contributed by atoms with Crippen molar-refractivity contribution >= 4 is 0 Å². The first kappa shape index (κ1) is 31.1. The Hall–Kier alpha value is -1.16. The summed E-state index contributed by atoms with van der Waals surface area (Å²) in [7, 11) is 0. The van der Waals surface area contributed by atoms with Gasteiger partial charge in [0.05, 0.1) is 0 Å². The molecule has 0 aliphatic heterocycles. The predicted molar refractivity (Wildman–Crippen MR) is 157 cm³/mol. The molecule has 0 aromatic carbocycles. The van der Waals surface area contributed by atoms with Crippen LogP contribution in [0, 0.1) is 17.8 Å². The highest BCUT2D eigenvalue weighted by atomic mass is 16.5. The minimum absolute atomic E-state index is 0.221. The molecule has 0 spiro atoms. The highest BCUT2D eigenvalue weighted by molar-refractivity contribution is 5.01. The normalized spacial score (nSPS) is 21.0. The molecule has 0 saturated heterocycles. The maximum atomic E-state index is 5.98. The Morgan fingerprint density at radius 1 is 0.806 bits per heavy atom. The van der Waals surface area contributed by atoms with Gasteiger partial charge in [0.15, 0.2) is 5.88 Å². The smallest absolute Gasteiger partial charge is 0.180 e. The zero-order valence-electron chi connectivity index (χ0n) is 24.7. The first-order valence-corrected chi connectivity index (χ1v) is 15.5. The van der Waals surface area contributed by atoms with Crippen LogP contribution in [0.4, 0.5) is 0 Å². The van der Waals surface area contributed by atoms with Crippen LogP contribution < -0.4 is 16.0 Å². The zero-order chi connectivity index (χ0) is 26.4. The van der Waals surface area contributed by atoms with Crippen LogP contribution in [0.3, 0.4) is 0 Å². The lowest BCUT2D eigenvalue weighted by molar-refractivity contribution is 0.0372. The molecule has 0 radical (unpaired) electrons. The average molecular weight is 504 g/mol. The van der Waals surface area contributed by atoms with Gasteiger partial charge in [-0.05, 0) is 70.8 Å². The van der Waals surface area contributed by atoms with E-state index in [1.54, 1.807) is 0 Å². The van der Waals surface area contributed by atoms with E-state index in [0.29, 0.717) is 18.0 Å². The molecule has 0 aromatic rings. The van der Waals surface area contributed by atoms with Crippen LogP contribution >= 0.6 is 0 Å². The first-order valence-electron chi connectivity index (χ1n) is 15.5. The summed E-state index contributed by atoms with van der Waals surface area (Å²) in [5.74, 6) is 3.32. The van der Waals surface area contributed by atoms with Gasteiger partial charge in [0, 0.05) is 30.9 Å². The van der Waals surface area contributed by atoms with Crippen LogP contribution in [0.15, 0.2) is 24.7 Å². The summed E-state index contributed by atoms with van der Waals surface area (Å²) in [5, 5.41) is 11.1. The number of ether oxygens (including phenoxy) is 1. The van der Waals surface area contributed by atoms with E-state index in [1.807, 2.05) is 0 Å². The Labute approximate surface area is 224 Å². The second-order valence-electron chi connectivity index (χ2n) is 13.0. The Balaban J connectivity index is 0.00000145. The number of rotatable bonds is 14. The van der Waals surface area contributed by atoms with Crippen LogP contribution in [0.25, 0.3) is 0 Å². The summed E-state index contributed by atoms with van der Waals surface area (Å²) in [6.45, 7) is 20.8. The molecule has 4 nitrogen and oxygen atoms in total. The molecule has 3 N–H and O–H groups in total. The maximum Gasteiger partial charge on any atom is 0.180 e. The fourth-order valence-corrected chi connectivity index (χ4v) is 6.01. The molecule has 2 atom stereocenters. The monoisotopic (exact) mass is 503 g/mol. The van der Waals surface area contributed by atoms with Crippen LogP contribution in [-0.4, -0.2) is 30.8 Å². The fourth-order valence-electron chi connectivity index (χ4n) is 6.01. The standard InChI is InChI=1S/C29H53N3O.C3H8/c1-22(31-28(26-16-17-26)19-25-14-10-7-11-15-25)20-30-21-27(18-24-12-8-6-9-13-24)32-23(2)33-29(3,4)5;1-3-2/h24-28,30-32H,1-2,6-21H2,3-5H3;3H2,1-2H3. The van der Waals surface area contributed by atoms with Gasteiger partial charge in [0.1, 0.15) is 5.60 Å². The van der Waals surface area contributed by atoms with Crippen molar-refractivity contribution < 1.29 is 4.74 Å². The van der Waals surface area contributed by atoms with E-state index in [4.69, 9.17) is 4.74 Å². The molecule has 0 aromatic heterocycles. The molecule has 3 fully saturated rings. The second kappa shape index (κ2) is 16.6. The quantitative estimate of drug-likeness (QED) is 0.210. The Morgan fingerprint density at radius 2 is 1.33 bits per heavy atom. The molecular formula is C32H61N3O. The van der Waals surface area contributed by atoms with Crippen molar-refractivity contribution in [2.45, 2.75) is 149 Å². The van der Waals surface area contributed by atoms with Gasteiger partial charge >= 0.3 is 0 Å². The van der Waals surface area contributed by atoms with E-state index in [1.165, 1.54) is 96.3 Å². The fraction of sp³-hybridized carbons (Fsp3) is 0.875. The third kappa shape index (κ3) is 14.0. The number of hydrogen-bond acceptors (Lipinski definition) is 4. The summed E-state index contributed by atoms with van der Waals surface area (Å²) < 4.78 is 5.98. The second-order valence-corrected chi connectivity index (χ2v) is 13.0. The van der Waals surface area contributed by atoms with Crippen molar-refractivity contribution in [1.29, 1.82) is 0 Å². The van der Waals surface area contributed by atoms with Crippen molar-refractivity contribution in [3.63, 3.8) is 0 Å². The summed E-state index contributed by atoms with van der Waals surface area (Å²) in [6.07, 6.45) is 20.7. The lowest BCUT2D eigenvalue weighted by atomic mass is 9.84. The molecule has 2 unspecified atom stereocenters. The first-order chi connectivity index (χ1) is 17.2. The lowest BCUT2D eigenvalue weighted by Gasteiger charge is -2.31. The van der Waals surface area contributed by atoms with Gasteiger partial charge in [-0.3, -0.25) is 0 Å². The third-order valence-corrected chi connectivity index (χ3v) is 7.76. The van der Waals surface area contributed by atoms with E-state index < -0.39 is 0 Å². The Bertz CT molecular complexity index is 609. The molecule has 0 amide bonds. The third-order valence-electron chi connectivity index (χ3n) is 7.76. The van der Waals surface area contributed by atoms with Gasteiger partial charge in [0.2, 0.25) is 0 Å². The molecule has 4 heteroatoms. The maximum absolute atomic E-state index is 5.98. The van der Waals surface area contributed by atoms with Gasteiger partial charge in [-0.15, -0.1) is 0 Å². The molecule has 3 aliphatic rings. The average Bonchev–Trinajstić information content (AvgIpc) is 3.65. The molecule has 0 bridgehead atoms. The minimum atomic E-state index is -0.221. The molecule has 3 aliphatic carbocycles. The SMILES string of the molecule is C=C(CNCC(CC1CCCCC1)NC(=C)OC(C)(C)C)NC(CC1CCCCC1)C1CC1.CCC. The number of hydrogen-bond donors (Lipinski definition) is 3. The lowest BCUT2D eigenvalue weighted by Crippen LogP contribution is -2.43. The summed E-state index contributed by atoms with van der Waals surface area (Å²) >= 11 is 0. The summed E-state index contributed by atoms with van der Waals surface area (Å²) in [4.78, 5) is 0. The zero-order valence-corrected chi connectivity index (χ0v) is 24.7. The van der Waals surface area contributed by atoms with Gasteiger partial charge in [-0.25, -0.2) is 0 Å². The van der Waals surface area contributed by atoms with Gasteiger partial charge in [-0.2, -0.15) is 0 Å². The van der Waals surface area contributed by atoms with E-state index >= 15 is 0 Å². The highest BCUT2D eigenvalue weighted by Crippen LogP contribution is 2.38. The summed E-state index contributed by atoms with van der Waals surface area (Å²) in [5.41, 5.74) is 0.935. The predicted octanol–water partition coefficient (Wildman–Crippen LogP) is 8.06. The Morgan fingerprint density at radius 3 is 1.83 bits per heavy atom. The van der Waals surface area contributed by atoms with Gasteiger partial charge in [0.25, 0.3) is 0 Å². The molecule has 3 rings (SSSR count). The van der Waals surface area contributed by atoms with Crippen LogP contribution in [0.2, 0.25) is 0 Å². The van der Waals surface area contributed by atoms with Crippen molar-refractivity contribution in [3.05, 3.63) is 24.7 Å². The molecule has 0 heterocycles. The van der Waals surface area contributed by atoms with Crippen molar-refractivity contribution in [2.75, 3.05) is 13.1 Å². The molecule has 3 saturated carbocycles. The van der Waals surface area contributed by atoms with E-state index in [-0.39, 0.29) is 5.60 Å². The molecular weight excluding hydrogens is 442 g/mol. The Kier molecular flexibility index (Phi) is 14.4.